The lowest BCUT2D eigenvalue weighted by Gasteiger charge is -2.01. The molecule has 0 amide bonds. The Kier molecular flexibility index (Phi) is 3.50. The van der Waals surface area contributed by atoms with Gasteiger partial charge < -0.3 is 5.73 Å². The fourth-order valence-corrected chi connectivity index (χ4v) is 1.28. The first-order chi connectivity index (χ1) is 5.72. The number of nitrogens with zero attached hydrogens (tertiary/aromatic N) is 1. The zero-order valence-electron chi connectivity index (χ0n) is 6.50. The van der Waals surface area contributed by atoms with Crippen molar-refractivity contribution in [3.63, 3.8) is 0 Å². The van der Waals surface area contributed by atoms with Crippen molar-refractivity contribution < 1.29 is 0 Å². The molecule has 0 aliphatic carbocycles. The zero-order valence-corrected chi connectivity index (χ0v) is 8.65. The Labute approximate surface area is 85.5 Å². The van der Waals surface area contributed by atoms with E-state index in [2.05, 4.69) is 22.6 Å². The third-order valence-electron chi connectivity index (χ3n) is 1.53. The predicted molar refractivity (Wildman–Crippen MR) is 56.5 cm³/mol. The molecule has 3 heteroatoms. The summed E-state index contributed by atoms with van der Waals surface area (Å²) in [4.78, 5) is 0. The summed E-state index contributed by atoms with van der Waals surface area (Å²) >= 11 is 2.24. The molecular formula is C9H9IN2. The van der Waals surface area contributed by atoms with Crippen LogP contribution in [0.15, 0.2) is 24.3 Å². The summed E-state index contributed by atoms with van der Waals surface area (Å²) in [6, 6.07) is 9.65. The molecule has 0 radical (unpaired) electrons. The SMILES string of the molecule is N#C[C@H](N)Cc1ccc(I)cc1. The maximum atomic E-state index is 8.47. The molecule has 0 heterocycles. The van der Waals surface area contributed by atoms with Gasteiger partial charge in [-0.25, -0.2) is 0 Å². The molecule has 0 fully saturated rings. The third-order valence-corrected chi connectivity index (χ3v) is 2.25. The van der Waals surface area contributed by atoms with Crippen LogP contribution >= 0.6 is 22.6 Å². The minimum Gasteiger partial charge on any atom is -0.316 e. The van der Waals surface area contributed by atoms with Crippen LogP contribution < -0.4 is 5.73 Å². The van der Waals surface area contributed by atoms with Crippen molar-refractivity contribution >= 4 is 22.6 Å². The largest absolute Gasteiger partial charge is 0.316 e. The number of nitrogens with two attached hydrogens (primary N) is 1. The average molecular weight is 272 g/mol. The van der Waals surface area contributed by atoms with Crippen molar-refractivity contribution in [2.24, 2.45) is 5.73 Å². The summed E-state index contributed by atoms with van der Waals surface area (Å²) in [5.74, 6) is 0. The second-order valence-corrected chi connectivity index (χ2v) is 3.81. The number of benzene rings is 1. The second kappa shape index (κ2) is 4.43. The molecule has 1 aromatic rings. The van der Waals surface area contributed by atoms with Gasteiger partial charge in [0.1, 0.15) is 0 Å². The molecule has 1 rings (SSSR count). The van der Waals surface area contributed by atoms with E-state index in [4.69, 9.17) is 11.0 Å². The fourth-order valence-electron chi connectivity index (χ4n) is 0.920. The molecule has 0 aliphatic rings. The Balaban J connectivity index is 2.66. The van der Waals surface area contributed by atoms with E-state index in [1.807, 2.05) is 30.3 Å². The maximum Gasteiger partial charge on any atom is 0.0968 e. The van der Waals surface area contributed by atoms with Crippen molar-refractivity contribution in [3.05, 3.63) is 33.4 Å². The van der Waals surface area contributed by atoms with Crippen LogP contribution in [0.2, 0.25) is 0 Å². The van der Waals surface area contributed by atoms with E-state index < -0.39 is 0 Å². The van der Waals surface area contributed by atoms with E-state index in [9.17, 15) is 0 Å². The van der Waals surface area contributed by atoms with Crippen molar-refractivity contribution in [2.75, 3.05) is 0 Å². The Morgan fingerprint density at radius 1 is 1.42 bits per heavy atom. The van der Waals surface area contributed by atoms with Gasteiger partial charge >= 0.3 is 0 Å². The van der Waals surface area contributed by atoms with E-state index >= 15 is 0 Å². The van der Waals surface area contributed by atoms with E-state index in [-0.39, 0.29) is 6.04 Å². The Hall–Kier alpha value is -0.600. The molecule has 1 atom stereocenters. The van der Waals surface area contributed by atoms with Gasteiger partial charge in [-0.15, -0.1) is 0 Å². The minimum absolute atomic E-state index is 0.384. The van der Waals surface area contributed by atoms with Gasteiger partial charge in [0.05, 0.1) is 12.1 Å². The van der Waals surface area contributed by atoms with Crippen LogP contribution in [0.1, 0.15) is 5.56 Å². The van der Waals surface area contributed by atoms with Crippen LogP contribution in [-0.4, -0.2) is 6.04 Å². The van der Waals surface area contributed by atoms with Crippen molar-refractivity contribution in [1.29, 1.82) is 5.26 Å². The van der Waals surface area contributed by atoms with E-state index in [0.29, 0.717) is 6.42 Å². The normalized spacial score (nSPS) is 12.1. The van der Waals surface area contributed by atoms with Crippen molar-refractivity contribution in [1.82, 2.24) is 0 Å². The van der Waals surface area contributed by atoms with Crippen molar-refractivity contribution in [2.45, 2.75) is 12.5 Å². The molecule has 0 saturated carbocycles. The highest BCUT2D eigenvalue weighted by molar-refractivity contribution is 14.1. The monoisotopic (exact) mass is 272 g/mol. The van der Waals surface area contributed by atoms with Gasteiger partial charge in [-0.3, -0.25) is 0 Å². The lowest BCUT2D eigenvalue weighted by Crippen LogP contribution is -2.19. The van der Waals surface area contributed by atoms with Gasteiger partial charge in [0.2, 0.25) is 0 Å². The summed E-state index contributed by atoms with van der Waals surface area (Å²) in [7, 11) is 0. The summed E-state index contributed by atoms with van der Waals surface area (Å²) in [6.45, 7) is 0. The van der Waals surface area contributed by atoms with Crippen LogP contribution in [0.3, 0.4) is 0 Å². The molecule has 0 saturated heterocycles. The molecule has 0 aromatic heterocycles. The number of hydrogen-bond donors (Lipinski definition) is 1. The Morgan fingerprint density at radius 3 is 2.50 bits per heavy atom. The lowest BCUT2D eigenvalue weighted by atomic mass is 10.1. The summed E-state index contributed by atoms with van der Waals surface area (Å²) in [6.07, 6.45) is 0.632. The van der Waals surface area contributed by atoms with Gasteiger partial charge in [-0.05, 0) is 40.3 Å². The van der Waals surface area contributed by atoms with Gasteiger partial charge in [0, 0.05) is 9.99 Å². The van der Waals surface area contributed by atoms with Gasteiger partial charge in [-0.2, -0.15) is 5.26 Å². The molecule has 0 unspecified atom stereocenters. The highest BCUT2D eigenvalue weighted by atomic mass is 127. The number of hydrogen-bond acceptors (Lipinski definition) is 2. The summed E-state index contributed by atoms with van der Waals surface area (Å²) in [5.41, 5.74) is 6.60. The first-order valence-electron chi connectivity index (χ1n) is 3.62. The quantitative estimate of drug-likeness (QED) is 0.833. The molecule has 0 aliphatic heterocycles. The van der Waals surface area contributed by atoms with Gasteiger partial charge in [0.25, 0.3) is 0 Å². The minimum atomic E-state index is -0.384. The van der Waals surface area contributed by atoms with Crippen LogP contribution in [0.25, 0.3) is 0 Å². The van der Waals surface area contributed by atoms with E-state index in [1.54, 1.807) is 0 Å². The van der Waals surface area contributed by atoms with Gasteiger partial charge in [0.15, 0.2) is 0 Å². The smallest absolute Gasteiger partial charge is 0.0968 e. The summed E-state index contributed by atoms with van der Waals surface area (Å²) < 4.78 is 1.20. The standard InChI is InChI=1S/C9H9IN2/c10-8-3-1-7(2-4-8)5-9(12)6-11/h1-4,9H,5,12H2/t9-/m1/s1. The molecule has 0 bridgehead atoms. The third kappa shape index (κ3) is 2.80. The van der Waals surface area contributed by atoms with Crippen LogP contribution in [0.5, 0.6) is 0 Å². The Morgan fingerprint density at radius 2 is 2.00 bits per heavy atom. The first-order valence-corrected chi connectivity index (χ1v) is 4.70. The van der Waals surface area contributed by atoms with Crippen LogP contribution in [0.4, 0.5) is 0 Å². The molecular weight excluding hydrogens is 263 g/mol. The topological polar surface area (TPSA) is 49.8 Å². The van der Waals surface area contributed by atoms with E-state index in [1.165, 1.54) is 3.57 Å². The number of rotatable bonds is 2. The predicted octanol–water partition coefficient (Wildman–Crippen LogP) is 1.68. The fraction of sp³-hybridized carbons (Fsp3) is 0.222. The molecule has 2 N–H and O–H groups in total. The molecule has 62 valence electrons. The van der Waals surface area contributed by atoms with Crippen molar-refractivity contribution in [3.8, 4) is 6.07 Å². The lowest BCUT2D eigenvalue weighted by molar-refractivity contribution is 0.823. The highest BCUT2D eigenvalue weighted by Crippen LogP contribution is 2.07. The van der Waals surface area contributed by atoms with Gasteiger partial charge in [-0.1, -0.05) is 12.1 Å². The first kappa shape index (κ1) is 9.49. The number of halogens is 1. The van der Waals surface area contributed by atoms with Crippen LogP contribution in [-0.2, 0) is 6.42 Å². The molecule has 1 aromatic carbocycles. The number of nitriles is 1. The zero-order chi connectivity index (χ0) is 8.97. The van der Waals surface area contributed by atoms with Crippen LogP contribution in [0, 0.1) is 14.9 Å². The summed E-state index contributed by atoms with van der Waals surface area (Å²) in [5, 5.41) is 8.47. The second-order valence-electron chi connectivity index (χ2n) is 2.57. The molecule has 2 nitrogen and oxygen atoms in total. The Bertz CT molecular complexity index is 286. The molecule has 0 spiro atoms. The van der Waals surface area contributed by atoms with E-state index in [0.717, 1.165) is 5.56 Å². The molecule has 12 heavy (non-hydrogen) atoms. The average Bonchev–Trinajstić information content (AvgIpc) is 2.09. The maximum absolute atomic E-state index is 8.47. The highest BCUT2D eigenvalue weighted by Gasteiger charge is 2.00.